The highest BCUT2D eigenvalue weighted by Gasteiger charge is 2.15. The van der Waals surface area contributed by atoms with Crippen molar-refractivity contribution in [1.82, 2.24) is 15.1 Å². The van der Waals surface area contributed by atoms with Crippen LogP contribution in [-0.4, -0.2) is 15.7 Å². The van der Waals surface area contributed by atoms with Crippen LogP contribution in [-0.2, 0) is 7.05 Å². The number of aromatic nitrogens is 2. The van der Waals surface area contributed by atoms with Gasteiger partial charge in [-0.25, -0.2) is 0 Å². The third-order valence-corrected chi connectivity index (χ3v) is 3.66. The summed E-state index contributed by atoms with van der Waals surface area (Å²) in [4.78, 5) is 12.8. The molecule has 4 nitrogen and oxygen atoms in total. The molecule has 0 aliphatic heterocycles. The Hall–Kier alpha value is -1.62. The number of nitrogens with zero attached hydrogens (tertiary/aromatic N) is 2. The maximum atomic E-state index is 12.0. The molecule has 2 aromatic heterocycles. The highest BCUT2D eigenvalue weighted by atomic mass is 32.1. The number of rotatable bonds is 3. The highest BCUT2D eigenvalue weighted by molar-refractivity contribution is 7.12. The summed E-state index contributed by atoms with van der Waals surface area (Å²) in [6.45, 7) is 3.90. The lowest BCUT2D eigenvalue weighted by atomic mass is 10.2. The second-order valence-corrected chi connectivity index (χ2v) is 4.99. The molecule has 0 aromatic carbocycles. The number of hydrogen-bond acceptors (Lipinski definition) is 3. The molecule has 90 valence electrons. The lowest BCUT2D eigenvalue weighted by Crippen LogP contribution is -2.26. The Balaban J connectivity index is 2.07. The van der Waals surface area contributed by atoms with Gasteiger partial charge in [0, 0.05) is 18.8 Å². The van der Waals surface area contributed by atoms with Crippen LogP contribution in [0.4, 0.5) is 0 Å². The Morgan fingerprint density at radius 3 is 2.88 bits per heavy atom. The molecular weight excluding hydrogens is 234 g/mol. The van der Waals surface area contributed by atoms with Crippen molar-refractivity contribution < 1.29 is 4.79 Å². The van der Waals surface area contributed by atoms with E-state index in [4.69, 9.17) is 0 Å². The maximum Gasteiger partial charge on any atom is 0.262 e. The molecule has 1 unspecified atom stereocenters. The number of hydrogen-bond donors (Lipinski definition) is 1. The van der Waals surface area contributed by atoms with E-state index in [-0.39, 0.29) is 11.9 Å². The molecule has 0 fully saturated rings. The molecule has 0 saturated heterocycles. The van der Waals surface area contributed by atoms with Crippen LogP contribution in [0.25, 0.3) is 0 Å². The molecule has 17 heavy (non-hydrogen) atoms. The standard InChI is InChI=1S/C12H15N3OS/c1-8-4-5-17-11(8)12(16)14-9(2)10-6-13-15(3)7-10/h4-7,9H,1-3H3,(H,14,16). The number of carbonyl (C=O) groups is 1. The summed E-state index contributed by atoms with van der Waals surface area (Å²) in [5.74, 6) is -0.0196. The zero-order valence-electron chi connectivity index (χ0n) is 10.1. The zero-order chi connectivity index (χ0) is 12.4. The molecule has 2 rings (SSSR count). The predicted octanol–water partition coefficient (Wildman–Crippen LogP) is 2.28. The number of nitrogens with one attached hydrogen (secondary N) is 1. The Morgan fingerprint density at radius 1 is 1.59 bits per heavy atom. The van der Waals surface area contributed by atoms with Crippen LogP contribution in [0.2, 0.25) is 0 Å². The van der Waals surface area contributed by atoms with Gasteiger partial charge in [0.1, 0.15) is 0 Å². The van der Waals surface area contributed by atoms with Crippen molar-refractivity contribution in [1.29, 1.82) is 0 Å². The van der Waals surface area contributed by atoms with Crippen molar-refractivity contribution in [3.63, 3.8) is 0 Å². The summed E-state index contributed by atoms with van der Waals surface area (Å²) in [6.07, 6.45) is 3.68. The molecular formula is C12H15N3OS. The SMILES string of the molecule is Cc1ccsc1C(=O)NC(C)c1cnn(C)c1. The first-order chi connectivity index (χ1) is 8.08. The van der Waals surface area contributed by atoms with Crippen molar-refractivity contribution in [2.75, 3.05) is 0 Å². The van der Waals surface area contributed by atoms with Crippen LogP contribution < -0.4 is 5.32 Å². The fourth-order valence-corrected chi connectivity index (χ4v) is 2.44. The van der Waals surface area contributed by atoms with Crippen molar-refractivity contribution in [3.8, 4) is 0 Å². The van der Waals surface area contributed by atoms with Gasteiger partial charge in [0.05, 0.1) is 17.1 Å². The van der Waals surface area contributed by atoms with Crippen molar-refractivity contribution >= 4 is 17.2 Å². The topological polar surface area (TPSA) is 46.9 Å². The summed E-state index contributed by atoms with van der Waals surface area (Å²) < 4.78 is 1.73. The highest BCUT2D eigenvalue weighted by Crippen LogP contribution is 2.17. The van der Waals surface area contributed by atoms with E-state index in [1.54, 1.807) is 10.9 Å². The van der Waals surface area contributed by atoms with E-state index in [1.165, 1.54) is 11.3 Å². The molecule has 0 saturated carbocycles. The molecule has 0 aliphatic rings. The van der Waals surface area contributed by atoms with Crippen LogP contribution in [0.5, 0.6) is 0 Å². The summed E-state index contributed by atoms with van der Waals surface area (Å²) in [7, 11) is 1.86. The molecule has 1 amide bonds. The fraction of sp³-hybridized carbons (Fsp3) is 0.333. The Labute approximate surface area is 104 Å². The van der Waals surface area contributed by atoms with Crippen LogP contribution in [0, 0.1) is 6.92 Å². The molecule has 0 spiro atoms. The second kappa shape index (κ2) is 4.71. The quantitative estimate of drug-likeness (QED) is 0.907. The fourth-order valence-electron chi connectivity index (χ4n) is 1.61. The van der Waals surface area contributed by atoms with Gasteiger partial charge in [-0.3, -0.25) is 9.48 Å². The number of carbonyl (C=O) groups excluding carboxylic acids is 1. The minimum atomic E-state index is -0.0299. The van der Waals surface area contributed by atoms with E-state index in [0.717, 1.165) is 16.0 Å². The summed E-state index contributed by atoms with van der Waals surface area (Å²) in [5.41, 5.74) is 2.03. The molecule has 2 heterocycles. The van der Waals surface area contributed by atoms with Gasteiger partial charge < -0.3 is 5.32 Å². The molecule has 0 aliphatic carbocycles. The summed E-state index contributed by atoms with van der Waals surface area (Å²) >= 11 is 1.47. The summed E-state index contributed by atoms with van der Waals surface area (Å²) in [5, 5.41) is 8.99. The van der Waals surface area contributed by atoms with Gasteiger partial charge in [0.15, 0.2) is 0 Å². The van der Waals surface area contributed by atoms with Gasteiger partial charge in [-0.15, -0.1) is 11.3 Å². The molecule has 0 radical (unpaired) electrons. The summed E-state index contributed by atoms with van der Waals surface area (Å²) in [6, 6.07) is 1.92. The van der Waals surface area contributed by atoms with Crippen LogP contribution in [0.1, 0.15) is 33.8 Å². The Morgan fingerprint density at radius 2 is 2.35 bits per heavy atom. The van der Waals surface area contributed by atoms with E-state index < -0.39 is 0 Å². The van der Waals surface area contributed by atoms with Crippen LogP contribution in [0.15, 0.2) is 23.8 Å². The van der Waals surface area contributed by atoms with Crippen LogP contribution in [0.3, 0.4) is 0 Å². The van der Waals surface area contributed by atoms with Crippen molar-refractivity contribution in [2.45, 2.75) is 19.9 Å². The number of thiophene rings is 1. The van der Waals surface area contributed by atoms with E-state index in [2.05, 4.69) is 10.4 Å². The van der Waals surface area contributed by atoms with Gasteiger partial charge in [-0.05, 0) is 30.9 Å². The Kier molecular flexibility index (Phi) is 3.28. The monoisotopic (exact) mass is 249 g/mol. The number of aryl methyl sites for hydroxylation is 2. The average molecular weight is 249 g/mol. The van der Waals surface area contributed by atoms with Gasteiger partial charge >= 0.3 is 0 Å². The van der Waals surface area contributed by atoms with E-state index in [9.17, 15) is 4.79 Å². The smallest absolute Gasteiger partial charge is 0.262 e. The molecule has 1 N–H and O–H groups in total. The van der Waals surface area contributed by atoms with Gasteiger partial charge in [-0.2, -0.15) is 5.10 Å². The van der Waals surface area contributed by atoms with E-state index in [0.29, 0.717) is 0 Å². The molecule has 5 heteroatoms. The second-order valence-electron chi connectivity index (χ2n) is 4.08. The van der Waals surface area contributed by atoms with Crippen molar-refractivity contribution in [2.24, 2.45) is 7.05 Å². The normalized spacial score (nSPS) is 12.4. The minimum absolute atomic E-state index is 0.0196. The van der Waals surface area contributed by atoms with Gasteiger partial charge in [-0.1, -0.05) is 0 Å². The van der Waals surface area contributed by atoms with Crippen LogP contribution >= 0.6 is 11.3 Å². The van der Waals surface area contributed by atoms with E-state index in [1.807, 2.05) is 38.5 Å². The van der Waals surface area contributed by atoms with Gasteiger partial charge in [0.25, 0.3) is 5.91 Å². The lowest BCUT2D eigenvalue weighted by Gasteiger charge is -2.11. The maximum absolute atomic E-state index is 12.0. The molecule has 0 bridgehead atoms. The first kappa shape index (κ1) is 11.9. The minimum Gasteiger partial charge on any atom is -0.345 e. The van der Waals surface area contributed by atoms with Gasteiger partial charge in [0.2, 0.25) is 0 Å². The van der Waals surface area contributed by atoms with E-state index >= 15 is 0 Å². The predicted molar refractivity (Wildman–Crippen MR) is 68.1 cm³/mol. The molecule has 1 atom stereocenters. The molecule has 2 aromatic rings. The third-order valence-electron chi connectivity index (χ3n) is 2.64. The third kappa shape index (κ3) is 2.55. The van der Waals surface area contributed by atoms with Crippen molar-refractivity contribution in [3.05, 3.63) is 39.8 Å². The number of amides is 1. The first-order valence-corrected chi connectivity index (χ1v) is 6.29. The Bertz CT molecular complexity index is 529. The lowest BCUT2D eigenvalue weighted by molar-refractivity contribution is 0.0943. The first-order valence-electron chi connectivity index (χ1n) is 5.41. The largest absolute Gasteiger partial charge is 0.345 e. The average Bonchev–Trinajstić information content (AvgIpc) is 2.86. The zero-order valence-corrected chi connectivity index (χ0v) is 10.9.